The Morgan fingerprint density at radius 2 is 1.03 bits per heavy atom. The Morgan fingerprint density at radius 1 is 0.406 bits per heavy atom. The van der Waals surface area contributed by atoms with Gasteiger partial charge in [0, 0.05) is 22.1 Å². The molecule has 0 bridgehead atoms. The first-order chi connectivity index (χ1) is 15.9. The van der Waals surface area contributed by atoms with Gasteiger partial charge in [0.1, 0.15) is 0 Å². The van der Waals surface area contributed by atoms with Crippen LogP contribution >= 0.6 is 0 Å². The van der Waals surface area contributed by atoms with Gasteiger partial charge in [0.2, 0.25) is 0 Å². The predicted octanol–water partition coefficient (Wildman–Crippen LogP) is 8.39. The summed E-state index contributed by atoms with van der Waals surface area (Å²) in [6, 6.07) is 44.9. The van der Waals surface area contributed by atoms with Crippen LogP contribution in [0.15, 0.2) is 127 Å². The Kier molecular flexibility index (Phi) is 4.51. The Balaban J connectivity index is 1.78. The van der Waals surface area contributed by atoms with Crippen molar-refractivity contribution >= 4 is 21.7 Å². The molecule has 0 aliphatic rings. The first-order valence-corrected chi connectivity index (χ1v) is 10.9. The van der Waals surface area contributed by atoms with E-state index in [1.54, 1.807) is 0 Å². The molecule has 150 valence electrons. The molecule has 0 saturated heterocycles. The number of nitrogens with zero attached hydrogens (tertiary/aromatic N) is 1. The van der Waals surface area contributed by atoms with Gasteiger partial charge in [-0.1, -0.05) is 115 Å². The average Bonchev–Trinajstić information content (AvgIpc) is 2.88. The molecule has 6 rings (SSSR count). The number of hydrogen-bond acceptors (Lipinski definition) is 1. The highest BCUT2D eigenvalue weighted by atomic mass is 14.7. The third-order valence-electron chi connectivity index (χ3n) is 6.04. The van der Waals surface area contributed by atoms with E-state index < -0.39 is 0 Å². The predicted molar refractivity (Wildman–Crippen MR) is 136 cm³/mol. The number of pyridine rings is 1. The second-order valence-electron chi connectivity index (χ2n) is 8.02. The van der Waals surface area contributed by atoms with E-state index in [0.29, 0.717) is 0 Å². The summed E-state index contributed by atoms with van der Waals surface area (Å²) in [6.45, 7) is 0. The minimum absolute atomic E-state index is 1.01. The number of benzene rings is 5. The van der Waals surface area contributed by atoms with Crippen molar-refractivity contribution in [1.82, 2.24) is 4.98 Å². The third-order valence-corrected chi connectivity index (χ3v) is 6.04. The summed E-state index contributed by atoms with van der Waals surface area (Å²) in [7, 11) is 0. The molecule has 5 aromatic carbocycles. The van der Waals surface area contributed by atoms with Crippen LogP contribution in [0, 0.1) is 0 Å². The molecule has 1 aromatic heterocycles. The summed E-state index contributed by atoms with van der Waals surface area (Å²) in [5, 5.41) is 3.66. The molecule has 6 aromatic rings. The van der Waals surface area contributed by atoms with E-state index in [4.69, 9.17) is 4.98 Å². The fraction of sp³-hybridized carbons (Fsp3) is 0. The van der Waals surface area contributed by atoms with Gasteiger partial charge < -0.3 is 0 Å². The summed E-state index contributed by atoms with van der Waals surface area (Å²) in [5.41, 5.74) is 7.93. The lowest BCUT2D eigenvalue weighted by molar-refractivity contribution is 1.39. The third kappa shape index (κ3) is 3.16. The van der Waals surface area contributed by atoms with Crippen LogP contribution in [0.25, 0.3) is 55.2 Å². The minimum Gasteiger partial charge on any atom is -0.247 e. The maximum atomic E-state index is 5.17. The molecule has 0 N–H and O–H groups in total. The molecule has 0 fully saturated rings. The first-order valence-electron chi connectivity index (χ1n) is 10.9. The Morgan fingerprint density at radius 3 is 1.81 bits per heavy atom. The van der Waals surface area contributed by atoms with Crippen LogP contribution in [-0.4, -0.2) is 4.98 Å². The molecule has 0 aliphatic heterocycles. The van der Waals surface area contributed by atoms with Crippen molar-refractivity contribution in [2.24, 2.45) is 0 Å². The molecule has 0 radical (unpaired) electrons. The second kappa shape index (κ2) is 7.79. The van der Waals surface area contributed by atoms with Crippen LogP contribution < -0.4 is 0 Å². The van der Waals surface area contributed by atoms with E-state index in [9.17, 15) is 0 Å². The molecule has 0 spiro atoms. The molecule has 1 nitrogen and oxygen atoms in total. The lowest BCUT2D eigenvalue weighted by atomic mass is 9.87. The van der Waals surface area contributed by atoms with Crippen molar-refractivity contribution in [3.63, 3.8) is 0 Å². The summed E-state index contributed by atoms with van der Waals surface area (Å²) in [6.07, 6.45) is 0. The molecular formula is C31H21N. The van der Waals surface area contributed by atoms with E-state index in [-0.39, 0.29) is 0 Å². The largest absolute Gasteiger partial charge is 0.247 e. The van der Waals surface area contributed by atoms with Crippen molar-refractivity contribution in [2.45, 2.75) is 0 Å². The maximum Gasteiger partial charge on any atom is 0.0794 e. The van der Waals surface area contributed by atoms with Crippen LogP contribution in [0.2, 0.25) is 0 Å². The fourth-order valence-electron chi connectivity index (χ4n) is 4.55. The van der Waals surface area contributed by atoms with Gasteiger partial charge in [-0.05, 0) is 34.0 Å². The van der Waals surface area contributed by atoms with E-state index in [2.05, 4.69) is 127 Å². The molecule has 0 saturated carbocycles. The average molecular weight is 408 g/mol. The van der Waals surface area contributed by atoms with Crippen molar-refractivity contribution in [1.29, 1.82) is 0 Å². The van der Waals surface area contributed by atoms with E-state index in [1.165, 1.54) is 38.4 Å². The normalized spacial score (nSPS) is 11.1. The second-order valence-corrected chi connectivity index (χ2v) is 8.02. The van der Waals surface area contributed by atoms with Gasteiger partial charge in [0.25, 0.3) is 0 Å². The molecule has 0 amide bonds. The minimum atomic E-state index is 1.01. The van der Waals surface area contributed by atoms with E-state index >= 15 is 0 Å². The molecule has 0 unspecified atom stereocenters. The van der Waals surface area contributed by atoms with Crippen molar-refractivity contribution in [2.75, 3.05) is 0 Å². The lowest BCUT2D eigenvalue weighted by Gasteiger charge is -2.19. The lowest BCUT2D eigenvalue weighted by Crippen LogP contribution is -1.96. The first kappa shape index (κ1) is 18.5. The zero-order valence-electron chi connectivity index (χ0n) is 17.6. The van der Waals surface area contributed by atoms with Crippen LogP contribution in [0.4, 0.5) is 0 Å². The zero-order valence-corrected chi connectivity index (χ0v) is 17.6. The standard InChI is InChI=1S/C31H21N/c1-3-12-23(13-4-1)30-29(26-20-19-22-11-7-8-16-25(22)21-26)27-17-9-10-18-28(27)32-31(30)24-14-5-2-6-15-24/h1-21H. The van der Waals surface area contributed by atoms with Crippen LogP contribution in [0.1, 0.15) is 0 Å². The van der Waals surface area contributed by atoms with Crippen molar-refractivity contribution in [3.8, 4) is 33.5 Å². The summed E-state index contributed by atoms with van der Waals surface area (Å²) in [5.74, 6) is 0. The van der Waals surface area contributed by atoms with Gasteiger partial charge in [0.05, 0.1) is 11.2 Å². The van der Waals surface area contributed by atoms with E-state index in [0.717, 1.165) is 16.8 Å². The molecule has 32 heavy (non-hydrogen) atoms. The Bertz CT molecular complexity index is 1550. The molecule has 1 heterocycles. The summed E-state index contributed by atoms with van der Waals surface area (Å²) >= 11 is 0. The van der Waals surface area contributed by atoms with Gasteiger partial charge in [-0.2, -0.15) is 0 Å². The Labute approximate surface area is 187 Å². The number of fused-ring (bicyclic) bond motifs is 2. The van der Waals surface area contributed by atoms with Crippen LogP contribution in [0.3, 0.4) is 0 Å². The van der Waals surface area contributed by atoms with Crippen molar-refractivity contribution < 1.29 is 0 Å². The van der Waals surface area contributed by atoms with Gasteiger partial charge >= 0.3 is 0 Å². The zero-order chi connectivity index (χ0) is 21.3. The monoisotopic (exact) mass is 407 g/mol. The highest BCUT2D eigenvalue weighted by Crippen LogP contribution is 2.43. The fourth-order valence-corrected chi connectivity index (χ4v) is 4.55. The van der Waals surface area contributed by atoms with Gasteiger partial charge in [-0.25, -0.2) is 4.98 Å². The van der Waals surface area contributed by atoms with E-state index in [1.807, 2.05) is 0 Å². The number of rotatable bonds is 3. The number of aromatic nitrogens is 1. The quantitative estimate of drug-likeness (QED) is 0.287. The number of para-hydroxylation sites is 1. The summed E-state index contributed by atoms with van der Waals surface area (Å²) in [4.78, 5) is 5.17. The summed E-state index contributed by atoms with van der Waals surface area (Å²) < 4.78 is 0. The maximum absolute atomic E-state index is 5.17. The Hall–Kier alpha value is -4.23. The number of hydrogen-bond donors (Lipinski definition) is 0. The van der Waals surface area contributed by atoms with Crippen LogP contribution in [0.5, 0.6) is 0 Å². The SMILES string of the molecule is c1ccc(-c2nc3ccccc3c(-c3ccc4ccccc4c3)c2-c2ccccc2)cc1. The van der Waals surface area contributed by atoms with Gasteiger partial charge in [0.15, 0.2) is 0 Å². The molecule has 0 aliphatic carbocycles. The molecule has 1 heteroatoms. The van der Waals surface area contributed by atoms with Gasteiger partial charge in [-0.3, -0.25) is 0 Å². The highest BCUT2D eigenvalue weighted by Gasteiger charge is 2.19. The smallest absolute Gasteiger partial charge is 0.0794 e. The van der Waals surface area contributed by atoms with Gasteiger partial charge in [-0.15, -0.1) is 0 Å². The molecule has 0 atom stereocenters. The topological polar surface area (TPSA) is 12.9 Å². The molecular weight excluding hydrogens is 386 g/mol. The van der Waals surface area contributed by atoms with Crippen LogP contribution in [-0.2, 0) is 0 Å². The highest BCUT2D eigenvalue weighted by molar-refractivity contribution is 6.08. The van der Waals surface area contributed by atoms with Crippen molar-refractivity contribution in [3.05, 3.63) is 127 Å².